The molecule has 0 amide bonds. The van der Waals surface area contributed by atoms with Crippen molar-refractivity contribution in [2.75, 3.05) is 6.54 Å². The summed E-state index contributed by atoms with van der Waals surface area (Å²) in [6, 6.07) is 8.00. The molecule has 2 aliphatic rings. The van der Waals surface area contributed by atoms with E-state index in [2.05, 4.69) is 6.07 Å². The minimum absolute atomic E-state index is 0.530. The van der Waals surface area contributed by atoms with Crippen molar-refractivity contribution >= 4 is 5.57 Å². The number of rotatable bonds is 0. The first-order valence-electron chi connectivity index (χ1n) is 5.26. The average Bonchev–Trinajstić information content (AvgIpc) is 2.66. The van der Waals surface area contributed by atoms with Gasteiger partial charge in [-0.2, -0.15) is 0 Å². The summed E-state index contributed by atoms with van der Waals surface area (Å²) < 4.78 is 1.16. The fraction of sp³-hybridized carbons (Fsp3) is 0.417. The zero-order valence-electron chi connectivity index (χ0n) is 8.07. The van der Waals surface area contributed by atoms with E-state index in [0.29, 0.717) is 12.5 Å². The number of hydrogen-bond donors (Lipinski definition) is 0. The number of benzene rings is 1. The summed E-state index contributed by atoms with van der Waals surface area (Å²) in [4.78, 5) is 0. The van der Waals surface area contributed by atoms with Gasteiger partial charge in [0.15, 0.2) is 6.54 Å². The highest BCUT2D eigenvalue weighted by Crippen LogP contribution is 2.31. The molecule has 0 bridgehead atoms. The molecule has 1 aromatic carbocycles. The van der Waals surface area contributed by atoms with Crippen LogP contribution in [0, 0.1) is 11.1 Å². The Morgan fingerprint density at radius 3 is 3.07 bits per heavy atom. The highest BCUT2D eigenvalue weighted by atomic mass is 16.5. The molecule has 1 heterocycles. The molecule has 1 saturated carbocycles. The second-order valence-electron chi connectivity index (χ2n) is 4.19. The molecule has 0 spiro atoms. The van der Waals surface area contributed by atoms with E-state index in [1.54, 1.807) is 0 Å². The molecular weight excluding hydrogens is 174 g/mol. The molecule has 14 heavy (non-hydrogen) atoms. The summed E-state index contributed by atoms with van der Waals surface area (Å²) in [7, 11) is 0. The van der Waals surface area contributed by atoms with Crippen molar-refractivity contribution in [1.82, 2.24) is 4.74 Å². The summed E-state index contributed by atoms with van der Waals surface area (Å²) in [6.45, 7) is 0.673. The maximum absolute atomic E-state index is 11.7. The summed E-state index contributed by atoms with van der Waals surface area (Å²) in [6.07, 6.45) is 3.64. The Kier molecular flexibility index (Phi) is 1.63. The van der Waals surface area contributed by atoms with Crippen molar-refractivity contribution in [2.24, 2.45) is 5.92 Å². The summed E-state index contributed by atoms with van der Waals surface area (Å²) in [5.41, 5.74) is 1.52. The quantitative estimate of drug-likeness (QED) is 0.432. The van der Waals surface area contributed by atoms with Gasteiger partial charge in [0.05, 0.1) is 0 Å². The standard InChI is InChI=1S/C12H13NO/c14-13-8-9-4-3-6-10(9)11-5-1-2-7-12(11)13/h1-2,5,7,9H,3-4,6,8H2. The van der Waals surface area contributed by atoms with Crippen molar-refractivity contribution in [2.45, 2.75) is 19.3 Å². The van der Waals surface area contributed by atoms with Gasteiger partial charge in [-0.1, -0.05) is 12.1 Å². The molecule has 2 nitrogen and oxygen atoms in total. The van der Waals surface area contributed by atoms with Crippen molar-refractivity contribution < 1.29 is 0 Å². The molecule has 1 aliphatic carbocycles. The average molecular weight is 187 g/mol. The summed E-state index contributed by atoms with van der Waals surface area (Å²) in [5, 5.41) is 13.8. The highest BCUT2D eigenvalue weighted by molar-refractivity contribution is 5.51. The minimum Gasteiger partial charge on any atom is -0.623 e. The first-order valence-corrected chi connectivity index (χ1v) is 5.26. The van der Waals surface area contributed by atoms with E-state index < -0.39 is 0 Å². The highest BCUT2D eigenvalue weighted by Gasteiger charge is 2.28. The second-order valence-corrected chi connectivity index (χ2v) is 4.19. The van der Waals surface area contributed by atoms with Gasteiger partial charge >= 0.3 is 0 Å². The van der Waals surface area contributed by atoms with Crippen LogP contribution in [-0.4, -0.2) is 6.54 Å². The lowest BCUT2D eigenvalue weighted by Crippen LogP contribution is -2.44. The Hall–Kier alpha value is -1.31. The van der Waals surface area contributed by atoms with Crippen molar-refractivity contribution in [3.63, 3.8) is 0 Å². The van der Waals surface area contributed by atoms with Gasteiger partial charge in [-0.3, -0.25) is 0 Å². The molecule has 1 aliphatic heterocycles. The van der Waals surface area contributed by atoms with Gasteiger partial charge in [0, 0.05) is 17.2 Å². The van der Waals surface area contributed by atoms with E-state index >= 15 is 0 Å². The van der Waals surface area contributed by atoms with Crippen molar-refractivity contribution in [1.29, 1.82) is 0 Å². The van der Waals surface area contributed by atoms with E-state index in [0.717, 1.165) is 10.1 Å². The Morgan fingerprint density at radius 2 is 2.14 bits per heavy atom. The van der Waals surface area contributed by atoms with E-state index in [4.69, 9.17) is 0 Å². The number of para-hydroxylation sites is 1. The molecule has 1 aromatic rings. The van der Waals surface area contributed by atoms with Gasteiger partial charge in [-0.25, -0.2) is 4.74 Å². The van der Waals surface area contributed by atoms with Crippen LogP contribution in [0.25, 0.3) is 5.57 Å². The molecule has 0 radical (unpaired) electrons. The van der Waals surface area contributed by atoms with E-state index in [9.17, 15) is 5.21 Å². The Morgan fingerprint density at radius 1 is 1.29 bits per heavy atom. The van der Waals surface area contributed by atoms with Crippen molar-refractivity contribution in [3.8, 4) is 0 Å². The molecule has 1 unspecified atom stereocenters. The monoisotopic (exact) mass is 187 g/mol. The molecule has 1 atom stereocenters. The molecule has 0 N–H and O–H groups in total. The zero-order chi connectivity index (χ0) is 9.54. The number of hydrogen-bond acceptors (Lipinski definition) is 1. The number of nitrogens with zero attached hydrogens (tertiary/aromatic N) is 1. The second kappa shape index (κ2) is 2.84. The van der Waals surface area contributed by atoms with Crippen LogP contribution in [0.5, 0.6) is 0 Å². The molecular formula is C12H13NO. The first kappa shape index (κ1) is 8.04. The van der Waals surface area contributed by atoms with Crippen LogP contribution in [0.15, 0.2) is 24.3 Å². The Labute approximate surface area is 82.8 Å². The molecule has 0 aromatic heterocycles. The third-order valence-electron chi connectivity index (χ3n) is 3.40. The fourth-order valence-electron chi connectivity index (χ4n) is 2.73. The lowest BCUT2D eigenvalue weighted by atomic mass is 9.98. The van der Waals surface area contributed by atoms with Gasteiger partial charge in [-0.15, -0.1) is 0 Å². The molecule has 3 rings (SSSR count). The van der Waals surface area contributed by atoms with Crippen LogP contribution in [0.1, 0.15) is 19.3 Å². The summed E-state index contributed by atoms with van der Waals surface area (Å²) in [5.74, 6) is 0.530. The maximum atomic E-state index is 11.7. The van der Waals surface area contributed by atoms with Gasteiger partial charge < -0.3 is 5.21 Å². The zero-order valence-corrected chi connectivity index (χ0v) is 8.07. The molecule has 1 fully saturated rings. The number of fused-ring (bicyclic) bond motifs is 2. The van der Waals surface area contributed by atoms with E-state index in [-0.39, 0.29) is 0 Å². The predicted octanol–water partition coefficient (Wildman–Crippen LogP) is 0.640. The smallest absolute Gasteiger partial charge is 0.218 e. The van der Waals surface area contributed by atoms with Crippen LogP contribution in [0.3, 0.4) is 0 Å². The lowest BCUT2D eigenvalue weighted by molar-refractivity contribution is 0.554. The van der Waals surface area contributed by atoms with Crippen LogP contribution >= 0.6 is 0 Å². The Bertz CT molecular complexity index is 489. The Balaban J connectivity index is 2.43. The predicted molar refractivity (Wildman–Crippen MR) is 55.9 cm³/mol. The number of hydroxylamine groups is 1. The third-order valence-corrected chi connectivity index (χ3v) is 3.40. The lowest BCUT2D eigenvalue weighted by Gasteiger charge is -2.16. The third kappa shape index (κ3) is 0.999. The van der Waals surface area contributed by atoms with Crippen LogP contribution < -0.4 is 15.3 Å². The van der Waals surface area contributed by atoms with Crippen LogP contribution in [-0.2, 0) is 0 Å². The van der Waals surface area contributed by atoms with Gasteiger partial charge in [0.1, 0.15) is 0 Å². The van der Waals surface area contributed by atoms with Crippen LogP contribution in [0.4, 0.5) is 0 Å². The SMILES string of the molecule is [O-][N+]1=c2ccccc2=C2CCCC2C1. The molecule has 72 valence electrons. The molecule has 2 heteroatoms. The van der Waals surface area contributed by atoms with Gasteiger partial charge in [-0.05, 0) is 30.9 Å². The maximum Gasteiger partial charge on any atom is 0.218 e. The largest absolute Gasteiger partial charge is 0.623 e. The van der Waals surface area contributed by atoms with Gasteiger partial charge in [0.2, 0.25) is 5.36 Å². The van der Waals surface area contributed by atoms with Crippen molar-refractivity contribution in [3.05, 3.63) is 40.0 Å². The van der Waals surface area contributed by atoms with Crippen LogP contribution in [0.2, 0.25) is 0 Å². The fourth-order valence-corrected chi connectivity index (χ4v) is 2.73. The van der Waals surface area contributed by atoms with Gasteiger partial charge in [0.25, 0.3) is 0 Å². The first-order chi connectivity index (χ1) is 6.86. The van der Waals surface area contributed by atoms with E-state index in [1.165, 1.54) is 30.1 Å². The normalized spacial score (nSPS) is 24.7. The minimum atomic E-state index is 0.530. The topological polar surface area (TPSA) is 26.1 Å². The summed E-state index contributed by atoms with van der Waals surface area (Å²) >= 11 is 0. The van der Waals surface area contributed by atoms with E-state index in [1.807, 2.05) is 18.2 Å². The molecule has 0 saturated heterocycles.